The SMILES string of the molecule is COCCN(C)C(=O)c1ccc2oc(C(=O)CCCc3ccc(Cl)cn3)c(NCC3CCC(C(=O)N4CCOCC4)CC3)c2n1. The predicted molar refractivity (Wildman–Crippen MR) is 171 cm³/mol. The molecule has 0 bridgehead atoms. The van der Waals surface area contributed by atoms with Gasteiger partial charge in [0, 0.05) is 64.6 Å². The normalized spacial score (nSPS) is 18.6. The lowest BCUT2D eigenvalue weighted by molar-refractivity contribution is -0.140. The van der Waals surface area contributed by atoms with E-state index in [1.54, 1.807) is 43.5 Å². The molecule has 0 spiro atoms. The van der Waals surface area contributed by atoms with Crippen LogP contribution in [0.3, 0.4) is 0 Å². The van der Waals surface area contributed by atoms with Crippen LogP contribution in [0.1, 0.15) is 65.3 Å². The average Bonchev–Trinajstić information content (AvgIpc) is 3.45. The molecular formula is C33H42ClN5O6. The number of carbonyl (C=O) groups excluding carboxylic acids is 3. The number of nitrogens with zero attached hydrogens (tertiary/aromatic N) is 4. The van der Waals surface area contributed by atoms with E-state index in [4.69, 9.17) is 25.5 Å². The quantitative estimate of drug-likeness (QED) is 0.260. The zero-order valence-corrected chi connectivity index (χ0v) is 26.8. The Hall–Kier alpha value is -3.54. The van der Waals surface area contributed by atoms with Crippen molar-refractivity contribution in [3.05, 3.63) is 52.6 Å². The second-order valence-electron chi connectivity index (χ2n) is 11.8. The van der Waals surface area contributed by atoms with Crippen molar-refractivity contribution < 1.29 is 28.3 Å². The molecule has 0 atom stereocenters. The summed E-state index contributed by atoms with van der Waals surface area (Å²) in [5.74, 6) is 0.445. The highest BCUT2D eigenvalue weighted by molar-refractivity contribution is 6.30. The molecular weight excluding hydrogens is 598 g/mol. The van der Waals surface area contributed by atoms with E-state index < -0.39 is 0 Å². The Morgan fingerprint density at radius 3 is 2.60 bits per heavy atom. The molecule has 2 amide bonds. The first-order valence-electron chi connectivity index (χ1n) is 15.8. The first kappa shape index (κ1) is 32.8. The van der Waals surface area contributed by atoms with Gasteiger partial charge in [-0.1, -0.05) is 11.6 Å². The van der Waals surface area contributed by atoms with Gasteiger partial charge in [0.2, 0.25) is 5.91 Å². The average molecular weight is 640 g/mol. The third-order valence-electron chi connectivity index (χ3n) is 8.70. The first-order chi connectivity index (χ1) is 21.8. The van der Waals surface area contributed by atoms with Gasteiger partial charge < -0.3 is 29.0 Å². The van der Waals surface area contributed by atoms with E-state index in [0.29, 0.717) is 86.6 Å². The first-order valence-corrected chi connectivity index (χ1v) is 16.1. The molecule has 1 saturated carbocycles. The van der Waals surface area contributed by atoms with Gasteiger partial charge >= 0.3 is 0 Å². The molecule has 3 aromatic heterocycles. The number of pyridine rings is 2. The standard InChI is InChI=1S/C33H42ClN5O6/c1-38(14-17-43-2)33(42)26-12-13-28-29(37-26)30(31(45-28)27(40)5-3-4-25-11-10-24(34)21-35-25)36-20-22-6-8-23(9-7-22)32(41)39-15-18-44-19-16-39/h10-13,21-23,36H,3-9,14-20H2,1-2H3. The van der Waals surface area contributed by atoms with Gasteiger partial charge in [0.15, 0.2) is 17.1 Å². The number of anilines is 1. The molecule has 12 heteroatoms. The Labute approximate surface area is 268 Å². The number of nitrogens with one attached hydrogen (secondary N) is 1. The zero-order chi connectivity index (χ0) is 31.8. The highest BCUT2D eigenvalue weighted by Gasteiger charge is 2.31. The van der Waals surface area contributed by atoms with E-state index in [9.17, 15) is 14.4 Å². The third-order valence-corrected chi connectivity index (χ3v) is 8.92. The van der Waals surface area contributed by atoms with E-state index >= 15 is 0 Å². The number of hydrogen-bond donors (Lipinski definition) is 1. The number of rotatable bonds is 13. The van der Waals surface area contributed by atoms with Gasteiger partial charge in [-0.15, -0.1) is 0 Å². The van der Waals surface area contributed by atoms with E-state index in [1.165, 1.54) is 0 Å². The fraction of sp³-hybridized carbons (Fsp3) is 0.545. The van der Waals surface area contributed by atoms with Gasteiger partial charge in [0.1, 0.15) is 16.9 Å². The number of likely N-dealkylation sites (N-methyl/N-ethyl adjacent to an activating group) is 1. The van der Waals surface area contributed by atoms with Crippen molar-refractivity contribution in [2.24, 2.45) is 11.8 Å². The Bertz CT molecular complexity index is 1460. The van der Waals surface area contributed by atoms with E-state index in [2.05, 4.69) is 15.3 Å². The van der Waals surface area contributed by atoms with Crippen LogP contribution in [0.15, 0.2) is 34.9 Å². The number of halogens is 1. The van der Waals surface area contributed by atoms with Gasteiger partial charge in [-0.3, -0.25) is 19.4 Å². The Balaban J connectivity index is 1.29. The lowest BCUT2D eigenvalue weighted by Crippen LogP contribution is -2.44. The summed E-state index contributed by atoms with van der Waals surface area (Å²) in [4.78, 5) is 52.1. The maximum absolute atomic E-state index is 13.5. The Morgan fingerprint density at radius 2 is 1.89 bits per heavy atom. The minimum atomic E-state index is -0.243. The molecule has 11 nitrogen and oxygen atoms in total. The summed E-state index contributed by atoms with van der Waals surface area (Å²) in [5.41, 5.74) is 2.54. The predicted octanol–water partition coefficient (Wildman–Crippen LogP) is 4.88. The van der Waals surface area contributed by atoms with Gasteiger partial charge in [-0.2, -0.15) is 0 Å². The van der Waals surface area contributed by atoms with Crippen LogP contribution in [-0.4, -0.2) is 97.5 Å². The molecule has 1 N–H and O–H groups in total. The van der Waals surface area contributed by atoms with Crippen molar-refractivity contribution in [3.63, 3.8) is 0 Å². The lowest BCUT2D eigenvalue weighted by atomic mass is 9.81. The summed E-state index contributed by atoms with van der Waals surface area (Å²) in [7, 11) is 3.29. The number of morpholine rings is 1. The molecule has 4 heterocycles. The van der Waals surface area contributed by atoms with Crippen molar-refractivity contribution in [2.45, 2.75) is 44.9 Å². The summed E-state index contributed by atoms with van der Waals surface area (Å²) < 4.78 is 16.6. The zero-order valence-electron chi connectivity index (χ0n) is 26.1. The van der Waals surface area contributed by atoms with Crippen molar-refractivity contribution >= 4 is 46.0 Å². The summed E-state index contributed by atoms with van der Waals surface area (Å²) in [6.07, 6.45) is 6.57. The van der Waals surface area contributed by atoms with Crippen LogP contribution in [-0.2, 0) is 20.7 Å². The largest absolute Gasteiger partial charge is 0.449 e. The maximum Gasteiger partial charge on any atom is 0.272 e. The lowest BCUT2D eigenvalue weighted by Gasteiger charge is -2.34. The summed E-state index contributed by atoms with van der Waals surface area (Å²) in [5, 5.41) is 4.05. The van der Waals surface area contributed by atoms with Gasteiger partial charge in [0.25, 0.3) is 5.91 Å². The van der Waals surface area contributed by atoms with Crippen molar-refractivity contribution in [3.8, 4) is 0 Å². The molecule has 5 rings (SSSR count). The number of amides is 2. The van der Waals surface area contributed by atoms with Crippen molar-refractivity contribution in [1.29, 1.82) is 0 Å². The van der Waals surface area contributed by atoms with E-state index in [1.807, 2.05) is 11.0 Å². The third kappa shape index (κ3) is 8.39. The number of ether oxygens (including phenoxy) is 2. The topological polar surface area (TPSA) is 127 Å². The summed E-state index contributed by atoms with van der Waals surface area (Å²) in [6, 6.07) is 6.96. The molecule has 3 aromatic rings. The van der Waals surface area contributed by atoms with Crippen LogP contribution in [0, 0.1) is 11.8 Å². The molecule has 0 aromatic carbocycles. The molecule has 0 radical (unpaired) electrons. The van der Waals surface area contributed by atoms with Crippen LogP contribution >= 0.6 is 11.6 Å². The van der Waals surface area contributed by atoms with Crippen LogP contribution in [0.4, 0.5) is 5.69 Å². The Kier molecular flexibility index (Phi) is 11.4. The van der Waals surface area contributed by atoms with E-state index in [-0.39, 0.29) is 41.4 Å². The fourth-order valence-electron chi connectivity index (χ4n) is 5.98. The van der Waals surface area contributed by atoms with Crippen LogP contribution in [0.25, 0.3) is 11.1 Å². The van der Waals surface area contributed by atoms with Crippen LogP contribution in [0.5, 0.6) is 0 Å². The minimum Gasteiger partial charge on any atom is -0.449 e. The number of ketones is 1. The van der Waals surface area contributed by atoms with Crippen molar-refractivity contribution in [2.75, 3.05) is 65.5 Å². The molecule has 1 aliphatic heterocycles. The molecule has 0 unspecified atom stereocenters. The summed E-state index contributed by atoms with van der Waals surface area (Å²) in [6.45, 7) is 3.99. The molecule has 45 heavy (non-hydrogen) atoms. The molecule has 2 fully saturated rings. The highest BCUT2D eigenvalue weighted by Crippen LogP contribution is 2.34. The van der Waals surface area contributed by atoms with Crippen LogP contribution < -0.4 is 5.32 Å². The fourth-order valence-corrected chi connectivity index (χ4v) is 6.09. The number of methoxy groups -OCH3 is 1. The second kappa shape index (κ2) is 15.6. The van der Waals surface area contributed by atoms with E-state index in [0.717, 1.165) is 31.4 Å². The number of Topliss-reactive ketones (excluding diaryl/α,β-unsaturated/α-hetero) is 1. The molecule has 1 saturated heterocycles. The van der Waals surface area contributed by atoms with Gasteiger partial charge in [-0.25, -0.2) is 4.98 Å². The second-order valence-corrected chi connectivity index (χ2v) is 12.3. The number of fused-ring (bicyclic) bond motifs is 1. The van der Waals surface area contributed by atoms with Crippen molar-refractivity contribution in [1.82, 2.24) is 19.8 Å². The molecule has 242 valence electrons. The Morgan fingerprint density at radius 1 is 1.11 bits per heavy atom. The maximum atomic E-state index is 13.5. The number of furan rings is 1. The summed E-state index contributed by atoms with van der Waals surface area (Å²) >= 11 is 5.95. The molecule has 1 aliphatic carbocycles. The van der Waals surface area contributed by atoms with Gasteiger partial charge in [-0.05, 0) is 68.7 Å². The van der Waals surface area contributed by atoms with Crippen LogP contribution in [0.2, 0.25) is 5.02 Å². The highest BCUT2D eigenvalue weighted by atomic mass is 35.5. The number of aromatic nitrogens is 2. The number of carbonyl (C=O) groups is 3. The smallest absolute Gasteiger partial charge is 0.272 e. The number of aryl methyl sites for hydroxylation is 1. The molecule has 2 aliphatic rings. The minimum absolute atomic E-state index is 0.0479. The van der Waals surface area contributed by atoms with Gasteiger partial charge in [0.05, 0.1) is 24.8 Å². The monoisotopic (exact) mass is 639 g/mol. The number of hydrogen-bond acceptors (Lipinski definition) is 9.